The van der Waals surface area contributed by atoms with Crippen LogP contribution in [0.3, 0.4) is 0 Å². The molecule has 0 saturated heterocycles. The third-order valence-corrected chi connectivity index (χ3v) is 8.76. The zero-order chi connectivity index (χ0) is 22.6. The van der Waals surface area contributed by atoms with Crippen molar-refractivity contribution >= 4 is 19.1 Å². The van der Waals surface area contributed by atoms with Crippen LogP contribution in [0.15, 0.2) is 84.9 Å². The standard InChI is InChI=1S/C26H31N3O2Si/c1-5-30-25(21-14-8-6-9-15-21)20-26(32(2,3)4,31-22-16-10-7-11-17-22)29-24-19-13-12-18-23(24)27-28-29/h6-19,25H,5,20H2,1-4H3. The summed E-state index contributed by atoms with van der Waals surface area (Å²) in [5.41, 5.74) is 2.96. The van der Waals surface area contributed by atoms with Crippen molar-refractivity contribution in [3.05, 3.63) is 90.5 Å². The van der Waals surface area contributed by atoms with Gasteiger partial charge in [0.1, 0.15) is 19.3 Å². The van der Waals surface area contributed by atoms with Crippen LogP contribution in [0.2, 0.25) is 19.6 Å². The zero-order valence-electron chi connectivity index (χ0n) is 19.2. The van der Waals surface area contributed by atoms with Crippen LogP contribution in [0.25, 0.3) is 11.0 Å². The first kappa shape index (κ1) is 22.2. The van der Waals surface area contributed by atoms with Crippen molar-refractivity contribution < 1.29 is 9.47 Å². The normalized spacial score (nSPS) is 14.8. The van der Waals surface area contributed by atoms with E-state index in [1.54, 1.807) is 0 Å². The predicted molar refractivity (Wildman–Crippen MR) is 131 cm³/mol. The molecular formula is C26H31N3O2Si. The van der Waals surface area contributed by atoms with Crippen LogP contribution < -0.4 is 4.74 Å². The van der Waals surface area contributed by atoms with Gasteiger partial charge in [-0.2, -0.15) is 0 Å². The monoisotopic (exact) mass is 445 g/mol. The predicted octanol–water partition coefficient (Wildman–Crippen LogP) is 6.21. The van der Waals surface area contributed by atoms with E-state index in [2.05, 4.69) is 60.3 Å². The Bertz CT molecular complexity index is 1140. The van der Waals surface area contributed by atoms with Crippen LogP contribution in [-0.2, 0) is 10.1 Å². The highest BCUT2D eigenvalue weighted by atomic mass is 28.3. The Morgan fingerprint density at radius 2 is 1.50 bits per heavy atom. The van der Waals surface area contributed by atoms with Crippen LogP contribution in [0.1, 0.15) is 25.0 Å². The fourth-order valence-corrected chi connectivity index (χ4v) is 6.18. The maximum atomic E-state index is 6.96. The molecule has 6 heteroatoms. The lowest BCUT2D eigenvalue weighted by Crippen LogP contribution is -2.59. The highest BCUT2D eigenvalue weighted by molar-refractivity contribution is 6.78. The summed E-state index contributed by atoms with van der Waals surface area (Å²) in [7, 11) is -2.11. The molecule has 166 valence electrons. The first-order valence-corrected chi connectivity index (χ1v) is 14.7. The molecule has 2 unspecified atom stereocenters. The van der Waals surface area contributed by atoms with Crippen molar-refractivity contribution in [3.63, 3.8) is 0 Å². The highest BCUT2D eigenvalue weighted by Gasteiger charge is 2.51. The smallest absolute Gasteiger partial charge is 0.188 e. The van der Waals surface area contributed by atoms with Crippen molar-refractivity contribution in [2.45, 2.75) is 44.4 Å². The Hall–Kier alpha value is -2.96. The van der Waals surface area contributed by atoms with Crippen LogP contribution >= 0.6 is 0 Å². The minimum Gasteiger partial charge on any atom is -0.470 e. The second-order valence-electron chi connectivity index (χ2n) is 9.00. The summed E-state index contributed by atoms with van der Waals surface area (Å²) in [6, 6.07) is 28.5. The van der Waals surface area contributed by atoms with Gasteiger partial charge in [-0.3, -0.25) is 0 Å². The largest absolute Gasteiger partial charge is 0.470 e. The molecule has 0 saturated carbocycles. The van der Waals surface area contributed by atoms with Crippen LogP contribution in [-0.4, -0.2) is 29.7 Å². The summed E-state index contributed by atoms with van der Waals surface area (Å²) in [5, 5.41) is 8.42. The van der Waals surface area contributed by atoms with Crippen molar-refractivity contribution in [1.82, 2.24) is 15.0 Å². The Kier molecular flexibility index (Phi) is 6.44. The van der Waals surface area contributed by atoms with E-state index in [4.69, 9.17) is 9.47 Å². The fourth-order valence-electron chi connectivity index (χ4n) is 4.16. The zero-order valence-corrected chi connectivity index (χ0v) is 20.2. The number of hydrogen-bond donors (Lipinski definition) is 0. The van der Waals surface area contributed by atoms with Gasteiger partial charge in [-0.25, -0.2) is 4.68 Å². The number of hydrogen-bond acceptors (Lipinski definition) is 4. The average Bonchev–Trinajstić information content (AvgIpc) is 3.23. The first-order valence-electron chi connectivity index (χ1n) is 11.2. The van der Waals surface area contributed by atoms with Gasteiger partial charge >= 0.3 is 0 Å². The Morgan fingerprint density at radius 1 is 0.875 bits per heavy atom. The molecule has 0 aliphatic rings. The van der Waals surface area contributed by atoms with Gasteiger partial charge in [-0.05, 0) is 36.8 Å². The van der Waals surface area contributed by atoms with Gasteiger partial charge in [-0.15, -0.1) is 5.10 Å². The molecule has 1 aromatic heterocycles. The molecule has 1 heterocycles. The molecular weight excluding hydrogens is 414 g/mol. The highest BCUT2D eigenvalue weighted by Crippen LogP contribution is 2.42. The van der Waals surface area contributed by atoms with Gasteiger partial charge in [-0.1, -0.05) is 85.5 Å². The molecule has 0 aliphatic carbocycles. The van der Waals surface area contributed by atoms with Gasteiger partial charge in [0.25, 0.3) is 0 Å². The molecule has 0 fully saturated rings. The van der Waals surface area contributed by atoms with E-state index in [1.807, 2.05) is 66.2 Å². The maximum Gasteiger partial charge on any atom is 0.188 e. The van der Waals surface area contributed by atoms with Crippen molar-refractivity contribution in [3.8, 4) is 5.75 Å². The van der Waals surface area contributed by atoms with Gasteiger partial charge in [0.15, 0.2) is 5.35 Å². The van der Waals surface area contributed by atoms with Crippen molar-refractivity contribution in [2.75, 3.05) is 6.61 Å². The topological polar surface area (TPSA) is 49.2 Å². The Morgan fingerprint density at radius 3 is 2.16 bits per heavy atom. The summed E-state index contributed by atoms with van der Waals surface area (Å²) >= 11 is 0. The quantitative estimate of drug-likeness (QED) is 0.287. The SMILES string of the molecule is CCOC(CC(Oc1ccccc1)(n1nnc2ccccc21)[Si](C)(C)C)c1ccccc1. The summed E-state index contributed by atoms with van der Waals surface area (Å²) in [6.07, 6.45) is 0.489. The van der Waals surface area contributed by atoms with E-state index in [-0.39, 0.29) is 6.10 Å². The molecule has 0 N–H and O–H groups in total. The molecule has 4 rings (SSSR count). The molecule has 4 aromatic rings. The number of ether oxygens (including phenoxy) is 2. The van der Waals surface area contributed by atoms with Gasteiger partial charge in [0.2, 0.25) is 0 Å². The third kappa shape index (κ3) is 4.33. The van der Waals surface area contributed by atoms with Gasteiger partial charge < -0.3 is 9.47 Å². The van der Waals surface area contributed by atoms with E-state index < -0.39 is 13.4 Å². The van der Waals surface area contributed by atoms with Crippen LogP contribution in [0.5, 0.6) is 5.75 Å². The lowest BCUT2D eigenvalue weighted by atomic mass is 10.1. The molecule has 2 atom stereocenters. The maximum absolute atomic E-state index is 6.96. The molecule has 0 aliphatic heterocycles. The summed E-state index contributed by atoms with van der Waals surface area (Å²) < 4.78 is 15.3. The van der Waals surface area contributed by atoms with Crippen LogP contribution in [0.4, 0.5) is 0 Å². The summed E-state index contributed by atoms with van der Waals surface area (Å²) in [5.74, 6) is 0.817. The summed E-state index contributed by atoms with van der Waals surface area (Å²) in [6.45, 7) is 9.61. The second-order valence-corrected chi connectivity index (χ2v) is 14.3. The molecule has 0 bridgehead atoms. The fraction of sp³-hybridized carbons (Fsp3) is 0.308. The second kappa shape index (κ2) is 9.26. The molecule has 0 spiro atoms. The number of rotatable bonds is 9. The van der Waals surface area contributed by atoms with Crippen LogP contribution in [0, 0.1) is 0 Å². The molecule has 3 aromatic carbocycles. The van der Waals surface area contributed by atoms with E-state index in [1.165, 1.54) is 0 Å². The minimum absolute atomic E-state index is 0.139. The molecule has 5 nitrogen and oxygen atoms in total. The van der Waals surface area contributed by atoms with Crippen molar-refractivity contribution in [2.24, 2.45) is 0 Å². The lowest BCUT2D eigenvalue weighted by Gasteiger charge is -2.45. The van der Waals surface area contributed by atoms with Gasteiger partial charge in [0, 0.05) is 13.0 Å². The lowest BCUT2D eigenvalue weighted by molar-refractivity contribution is -0.0294. The average molecular weight is 446 g/mol. The third-order valence-electron chi connectivity index (χ3n) is 5.90. The number of para-hydroxylation sites is 2. The number of benzene rings is 3. The Labute approximate surface area is 191 Å². The molecule has 0 amide bonds. The summed E-state index contributed by atoms with van der Waals surface area (Å²) in [4.78, 5) is 0. The van der Waals surface area contributed by atoms with E-state index >= 15 is 0 Å². The van der Waals surface area contributed by atoms with E-state index in [9.17, 15) is 0 Å². The molecule has 0 radical (unpaired) electrons. The minimum atomic E-state index is -2.11. The van der Waals surface area contributed by atoms with Gasteiger partial charge in [0.05, 0.1) is 11.6 Å². The van der Waals surface area contributed by atoms with E-state index in [0.717, 1.165) is 22.3 Å². The number of nitrogens with zero attached hydrogens (tertiary/aromatic N) is 3. The number of fused-ring (bicyclic) bond motifs is 1. The Balaban J connectivity index is 1.91. The first-order chi connectivity index (χ1) is 15.4. The van der Waals surface area contributed by atoms with E-state index in [0.29, 0.717) is 13.0 Å². The molecule has 32 heavy (non-hydrogen) atoms. The van der Waals surface area contributed by atoms with Crippen molar-refractivity contribution in [1.29, 1.82) is 0 Å². The number of aromatic nitrogens is 3.